The summed E-state index contributed by atoms with van der Waals surface area (Å²) in [6.45, 7) is 6.48. The Morgan fingerprint density at radius 3 is 1.22 bits per heavy atom. The predicted molar refractivity (Wildman–Crippen MR) is 282 cm³/mol. The average Bonchev–Trinajstić information content (AvgIpc) is 3.30. The Hall–Kier alpha value is -1.92. The molecule has 0 fully saturated rings. The third kappa shape index (κ3) is 48.3. The van der Waals surface area contributed by atoms with Crippen LogP contribution in [0.4, 0.5) is 0 Å². The molecule has 0 saturated heterocycles. The van der Waals surface area contributed by atoms with Crippen molar-refractivity contribution in [3.8, 4) is 0 Å². The van der Waals surface area contributed by atoms with Gasteiger partial charge in [0.05, 0.1) is 25.2 Å². The van der Waals surface area contributed by atoms with Gasteiger partial charge in [-0.05, 0) is 64.2 Å². The highest BCUT2D eigenvalue weighted by Crippen LogP contribution is 2.19. The van der Waals surface area contributed by atoms with Gasteiger partial charge < -0.3 is 20.3 Å². The first kappa shape index (κ1) is 63.1. The number of rotatable bonds is 52. The van der Waals surface area contributed by atoms with E-state index in [1.807, 2.05) is 0 Å². The number of carbonyl (C=O) groups excluding carboxylic acids is 2. The number of hydrogen-bond donors (Lipinski definition) is 3. The summed E-state index contributed by atoms with van der Waals surface area (Å²) in [6, 6.07) is -0.701. The van der Waals surface area contributed by atoms with Crippen molar-refractivity contribution in [1.29, 1.82) is 0 Å². The molecule has 0 spiro atoms. The quantitative estimate of drug-likeness (QED) is 0.0321. The molecule has 0 aromatic rings. The van der Waals surface area contributed by atoms with Crippen LogP contribution in [-0.4, -0.2) is 46.9 Å². The van der Waals surface area contributed by atoms with Gasteiger partial charge in [-0.15, -0.1) is 0 Å². The van der Waals surface area contributed by atoms with Crippen molar-refractivity contribution in [2.45, 2.75) is 322 Å². The molecule has 0 aliphatic rings. The normalized spacial score (nSPS) is 13.4. The second-order valence-electron chi connectivity index (χ2n) is 19.7. The van der Waals surface area contributed by atoms with Crippen LogP contribution in [0.1, 0.15) is 303 Å². The molecule has 0 aliphatic heterocycles. The number of esters is 1. The average molecular weight is 915 g/mol. The second kappa shape index (κ2) is 53.0. The first-order chi connectivity index (χ1) is 32.0. The fraction of sp³-hybridized carbons (Fsp3) is 0.864. The SMILES string of the molecule is CCCCC/C=C\C/C=C\C/C=C\CCCCCCCCC(=O)OC(CCCCCCCCCCCCCCCCCC)CC(=O)NC(CO)C(O)CCCCCCCCCCCCC. The smallest absolute Gasteiger partial charge is 0.306 e. The third-order valence-corrected chi connectivity index (χ3v) is 13.2. The van der Waals surface area contributed by atoms with E-state index >= 15 is 0 Å². The maximum Gasteiger partial charge on any atom is 0.306 e. The molecular weight excluding hydrogens is 803 g/mol. The van der Waals surface area contributed by atoms with Crippen molar-refractivity contribution in [2.24, 2.45) is 0 Å². The first-order valence-corrected chi connectivity index (χ1v) is 28.7. The molecule has 0 radical (unpaired) electrons. The molecule has 65 heavy (non-hydrogen) atoms. The van der Waals surface area contributed by atoms with E-state index in [4.69, 9.17) is 4.74 Å². The predicted octanol–water partition coefficient (Wildman–Crippen LogP) is 17.6. The Balaban J connectivity index is 4.54. The number of carbonyl (C=O) groups is 2. The molecule has 0 rings (SSSR count). The standard InChI is InChI=1S/C59H111NO5/c1-4-7-10-13-16-19-22-24-26-28-29-30-32-34-37-40-43-46-49-52-59(64)65-55(50-47-44-41-38-36-33-31-27-25-23-20-17-14-11-8-5-2)53-58(63)60-56(54-61)57(62)51-48-45-42-39-35-21-18-15-12-9-6-3/h16,19,24,26,29-30,55-57,61-62H,4-15,17-18,20-23,25,27-28,31-54H2,1-3H3,(H,60,63)/b19-16-,26-24-,30-29-. The van der Waals surface area contributed by atoms with Crippen molar-refractivity contribution >= 4 is 11.9 Å². The summed E-state index contributed by atoms with van der Waals surface area (Å²) in [4.78, 5) is 26.3. The lowest BCUT2D eigenvalue weighted by Gasteiger charge is -2.24. The minimum absolute atomic E-state index is 0.0768. The van der Waals surface area contributed by atoms with E-state index in [1.54, 1.807) is 0 Å². The first-order valence-electron chi connectivity index (χ1n) is 28.7. The Bertz CT molecular complexity index is 1070. The van der Waals surface area contributed by atoms with Crippen LogP contribution in [0, 0.1) is 0 Å². The molecule has 3 atom stereocenters. The minimum atomic E-state index is -0.787. The molecule has 0 heterocycles. The van der Waals surface area contributed by atoms with Crippen molar-refractivity contribution in [3.63, 3.8) is 0 Å². The third-order valence-electron chi connectivity index (χ3n) is 13.2. The maximum absolute atomic E-state index is 13.2. The van der Waals surface area contributed by atoms with Gasteiger partial charge in [-0.1, -0.05) is 263 Å². The molecule has 0 saturated carbocycles. The van der Waals surface area contributed by atoms with Gasteiger partial charge in [-0.2, -0.15) is 0 Å². The Kier molecular flexibility index (Phi) is 51.5. The molecule has 382 valence electrons. The molecule has 0 aromatic heterocycles. The zero-order valence-electron chi connectivity index (χ0n) is 43.6. The van der Waals surface area contributed by atoms with Crippen molar-refractivity contribution < 1.29 is 24.5 Å². The largest absolute Gasteiger partial charge is 0.462 e. The van der Waals surface area contributed by atoms with Gasteiger partial charge >= 0.3 is 5.97 Å². The van der Waals surface area contributed by atoms with E-state index in [1.165, 1.54) is 193 Å². The maximum atomic E-state index is 13.2. The highest BCUT2D eigenvalue weighted by molar-refractivity contribution is 5.77. The van der Waals surface area contributed by atoms with Crippen LogP contribution in [0.3, 0.4) is 0 Å². The van der Waals surface area contributed by atoms with Crippen molar-refractivity contribution in [2.75, 3.05) is 6.61 Å². The van der Waals surface area contributed by atoms with E-state index in [9.17, 15) is 19.8 Å². The number of amides is 1. The highest BCUT2D eigenvalue weighted by Gasteiger charge is 2.24. The Morgan fingerprint density at radius 2 is 0.785 bits per heavy atom. The van der Waals surface area contributed by atoms with Gasteiger partial charge in [0.25, 0.3) is 0 Å². The van der Waals surface area contributed by atoms with Crippen LogP contribution in [0.15, 0.2) is 36.5 Å². The van der Waals surface area contributed by atoms with Crippen LogP contribution in [-0.2, 0) is 14.3 Å². The van der Waals surface area contributed by atoms with Gasteiger partial charge in [0, 0.05) is 6.42 Å². The monoisotopic (exact) mass is 914 g/mol. The molecule has 3 unspecified atom stereocenters. The molecule has 0 aliphatic carbocycles. The summed E-state index contributed by atoms with van der Waals surface area (Å²) in [6.07, 6.45) is 63.5. The summed E-state index contributed by atoms with van der Waals surface area (Å²) in [7, 11) is 0. The fourth-order valence-electron chi connectivity index (χ4n) is 8.85. The lowest BCUT2D eigenvalue weighted by atomic mass is 10.0. The molecular formula is C59H111NO5. The molecule has 6 heteroatoms. The zero-order valence-corrected chi connectivity index (χ0v) is 43.6. The number of ether oxygens (including phenoxy) is 1. The number of aliphatic hydroxyl groups excluding tert-OH is 2. The van der Waals surface area contributed by atoms with Crippen LogP contribution < -0.4 is 5.32 Å². The van der Waals surface area contributed by atoms with E-state index in [-0.39, 0.29) is 24.9 Å². The number of aliphatic hydroxyl groups is 2. The Morgan fingerprint density at radius 1 is 0.446 bits per heavy atom. The van der Waals surface area contributed by atoms with Crippen LogP contribution >= 0.6 is 0 Å². The van der Waals surface area contributed by atoms with Gasteiger partial charge in [0.2, 0.25) is 5.91 Å². The topological polar surface area (TPSA) is 95.9 Å². The fourth-order valence-corrected chi connectivity index (χ4v) is 8.85. The number of allylic oxidation sites excluding steroid dienone is 6. The summed E-state index contributed by atoms with van der Waals surface area (Å²) >= 11 is 0. The Labute approximate surface area is 404 Å². The summed E-state index contributed by atoms with van der Waals surface area (Å²) in [5, 5.41) is 23.8. The lowest BCUT2D eigenvalue weighted by Crippen LogP contribution is -2.46. The molecule has 6 nitrogen and oxygen atoms in total. The van der Waals surface area contributed by atoms with Crippen LogP contribution in [0.25, 0.3) is 0 Å². The van der Waals surface area contributed by atoms with E-state index in [0.717, 1.165) is 64.2 Å². The number of nitrogens with one attached hydrogen (secondary N) is 1. The van der Waals surface area contributed by atoms with Gasteiger partial charge in [-0.25, -0.2) is 0 Å². The number of hydrogen-bond acceptors (Lipinski definition) is 5. The van der Waals surface area contributed by atoms with Crippen molar-refractivity contribution in [3.05, 3.63) is 36.5 Å². The zero-order chi connectivity index (χ0) is 47.4. The molecule has 0 aromatic carbocycles. The summed E-state index contributed by atoms with van der Waals surface area (Å²) < 4.78 is 5.96. The second-order valence-corrected chi connectivity index (χ2v) is 19.7. The summed E-state index contributed by atoms with van der Waals surface area (Å²) in [5.41, 5.74) is 0. The minimum Gasteiger partial charge on any atom is -0.462 e. The highest BCUT2D eigenvalue weighted by atomic mass is 16.5. The lowest BCUT2D eigenvalue weighted by molar-refractivity contribution is -0.151. The summed E-state index contributed by atoms with van der Waals surface area (Å²) in [5.74, 6) is -0.472. The van der Waals surface area contributed by atoms with Gasteiger partial charge in [0.15, 0.2) is 0 Å². The molecule has 0 bridgehead atoms. The van der Waals surface area contributed by atoms with Crippen LogP contribution in [0.5, 0.6) is 0 Å². The van der Waals surface area contributed by atoms with Gasteiger partial charge in [-0.3, -0.25) is 9.59 Å². The van der Waals surface area contributed by atoms with E-state index in [2.05, 4.69) is 62.5 Å². The molecule has 3 N–H and O–H groups in total. The van der Waals surface area contributed by atoms with Crippen LogP contribution in [0.2, 0.25) is 0 Å². The van der Waals surface area contributed by atoms with E-state index < -0.39 is 18.2 Å². The van der Waals surface area contributed by atoms with E-state index in [0.29, 0.717) is 19.3 Å². The van der Waals surface area contributed by atoms with Gasteiger partial charge in [0.1, 0.15) is 6.10 Å². The molecule has 1 amide bonds. The van der Waals surface area contributed by atoms with Crippen molar-refractivity contribution in [1.82, 2.24) is 5.32 Å². The number of unbranched alkanes of at least 4 members (excludes halogenated alkanes) is 34.